The first-order valence-corrected chi connectivity index (χ1v) is 11.9. The molecule has 1 fully saturated rings. The van der Waals surface area contributed by atoms with Crippen molar-refractivity contribution < 1.29 is 9.53 Å². The summed E-state index contributed by atoms with van der Waals surface area (Å²) in [5, 5.41) is 9.05. The molecule has 1 aliphatic rings. The van der Waals surface area contributed by atoms with Crippen LogP contribution in [0, 0.1) is 20.8 Å². The minimum absolute atomic E-state index is 0.117. The van der Waals surface area contributed by atoms with Crippen LogP contribution < -0.4 is 10.1 Å². The second-order valence-electron chi connectivity index (χ2n) is 8.89. The van der Waals surface area contributed by atoms with E-state index in [4.69, 9.17) is 14.8 Å². The Balaban J connectivity index is 1.64. The van der Waals surface area contributed by atoms with Gasteiger partial charge in [-0.2, -0.15) is 10.1 Å². The fraction of sp³-hybridized carbons (Fsp3) is 0.500. The van der Waals surface area contributed by atoms with Crippen molar-refractivity contribution in [2.24, 2.45) is 0 Å². The molecule has 0 unspecified atom stereocenters. The lowest BCUT2D eigenvalue weighted by Gasteiger charge is -2.23. The number of rotatable bonds is 7. The van der Waals surface area contributed by atoms with Crippen LogP contribution in [0.4, 0.5) is 0 Å². The Morgan fingerprint density at radius 1 is 1.12 bits per heavy atom. The molecule has 1 N–H and O–H groups in total. The van der Waals surface area contributed by atoms with Gasteiger partial charge in [0.1, 0.15) is 0 Å². The van der Waals surface area contributed by atoms with Crippen LogP contribution in [0.15, 0.2) is 24.3 Å². The molecule has 0 aliphatic heterocycles. The molecule has 32 heavy (non-hydrogen) atoms. The number of aromatic nitrogens is 3. The first kappa shape index (κ1) is 22.3. The molecule has 0 saturated heterocycles. The number of aryl methyl sites for hydroxylation is 3. The summed E-state index contributed by atoms with van der Waals surface area (Å²) >= 11 is 0. The fourth-order valence-corrected chi connectivity index (χ4v) is 4.73. The molecule has 2 heterocycles. The highest BCUT2D eigenvalue weighted by Crippen LogP contribution is 2.32. The molecule has 3 aromatic rings. The zero-order chi connectivity index (χ0) is 22.7. The lowest BCUT2D eigenvalue weighted by Crippen LogP contribution is -2.36. The summed E-state index contributed by atoms with van der Waals surface area (Å²) < 4.78 is 7.83. The van der Waals surface area contributed by atoms with Gasteiger partial charge in [0.25, 0.3) is 0 Å². The summed E-state index contributed by atoms with van der Waals surface area (Å²) in [5.41, 5.74) is 6.01. The standard InChI is InChI=1S/C26H34N4O2/c1-5-32-26-22(15-16-23(31)27-20-9-7-6-8-10-20)18(3)24-19(4)29-30(25(24)28-26)21-13-11-17(2)12-14-21/h11-14,20H,5-10,15-16H2,1-4H3,(H,27,31). The zero-order valence-electron chi connectivity index (χ0n) is 19.7. The highest BCUT2D eigenvalue weighted by atomic mass is 16.5. The van der Waals surface area contributed by atoms with Gasteiger partial charge >= 0.3 is 0 Å². The Labute approximate surface area is 190 Å². The quantitative estimate of drug-likeness (QED) is 0.560. The smallest absolute Gasteiger partial charge is 0.220 e. The van der Waals surface area contributed by atoms with Gasteiger partial charge in [-0.05, 0) is 64.7 Å². The van der Waals surface area contributed by atoms with Gasteiger partial charge in [0, 0.05) is 23.4 Å². The summed E-state index contributed by atoms with van der Waals surface area (Å²) in [6, 6.07) is 8.60. The maximum absolute atomic E-state index is 12.6. The molecule has 4 rings (SSSR count). The molecule has 1 aromatic carbocycles. The van der Waals surface area contributed by atoms with E-state index in [0.29, 0.717) is 31.4 Å². The monoisotopic (exact) mass is 434 g/mol. The van der Waals surface area contributed by atoms with Crippen LogP contribution in [-0.2, 0) is 11.2 Å². The number of ether oxygens (including phenoxy) is 1. The van der Waals surface area contributed by atoms with Crippen LogP contribution in [0.5, 0.6) is 5.88 Å². The zero-order valence-corrected chi connectivity index (χ0v) is 19.7. The number of benzene rings is 1. The van der Waals surface area contributed by atoms with Crippen molar-refractivity contribution in [3.05, 3.63) is 46.6 Å². The van der Waals surface area contributed by atoms with Crippen LogP contribution in [0.2, 0.25) is 0 Å². The first-order valence-electron chi connectivity index (χ1n) is 11.9. The number of carbonyl (C=O) groups excluding carboxylic acids is 1. The number of pyridine rings is 1. The maximum atomic E-state index is 12.6. The highest BCUT2D eigenvalue weighted by Gasteiger charge is 2.21. The molecule has 1 aliphatic carbocycles. The number of nitrogens with one attached hydrogen (secondary N) is 1. The van der Waals surface area contributed by atoms with Crippen LogP contribution >= 0.6 is 0 Å². The number of carbonyl (C=O) groups is 1. The van der Waals surface area contributed by atoms with Crippen LogP contribution in [0.25, 0.3) is 16.7 Å². The van der Waals surface area contributed by atoms with Crippen molar-refractivity contribution in [3.8, 4) is 11.6 Å². The summed E-state index contributed by atoms with van der Waals surface area (Å²) in [4.78, 5) is 17.5. The van der Waals surface area contributed by atoms with Crippen molar-refractivity contribution in [3.63, 3.8) is 0 Å². The third kappa shape index (κ3) is 4.64. The van der Waals surface area contributed by atoms with Crippen LogP contribution in [-0.4, -0.2) is 33.3 Å². The van der Waals surface area contributed by atoms with Gasteiger partial charge in [0.05, 0.1) is 18.0 Å². The van der Waals surface area contributed by atoms with Gasteiger partial charge in [-0.15, -0.1) is 0 Å². The van der Waals surface area contributed by atoms with E-state index in [1.54, 1.807) is 0 Å². The van der Waals surface area contributed by atoms with Crippen LogP contribution in [0.1, 0.15) is 67.8 Å². The van der Waals surface area contributed by atoms with Crippen molar-refractivity contribution in [1.82, 2.24) is 20.1 Å². The van der Waals surface area contributed by atoms with E-state index in [2.05, 4.69) is 43.4 Å². The van der Waals surface area contributed by atoms with Crippen molar-refractivity contribution in [1.29, 1.82) is 0 Å². The Morgan fingerprint density at radius 3 is 2.53 bits per heavy atom. The Morgan fingerprint density at radius 2 is 1.84 bits per heavy atom. The van der Waals surface area contributed by atoms with Gasteiger partial charge < -0.3 is 10.1 Å². The normalized spacial score (nSPS) is 14.6. The van der Waals surface area contributed by atoms with Gasteiger partial charge in [-0.3, -0.25) is 4.79 Å². The predicted molar refractivity (Wildman–Crippen MR) is 128 cm³/mol. The van der Waals surface area contributed by atoms with Gasteiger partial charge in [0.2, 0.25) is 11.8 Å². The molecule has 6 heteroatoms. The molecule has 1 amide bonds. The third-order valence-electron chi connectivity index (χ3n) is 6.46. The van der Waals surface area contributed by atoms with Gasteiger partial charge in [-0.1, -0.05) is 37.0 Å². The molecule has 1 saturated carbocycles. The van der Waals surface area contributed by atoms with Crippen LogP contribution in [0.3, 0.4) is 0 Å². The molecule has 170 valence electrons. The maximum Gasteiger partial charge on any atom is 0.220 e. The minimum atomic E-state index is 0.117. The number of amides is 1. The molecular formula is C26H34N4O2. The van der Waals surface area contributed by atoms with E-state index in [1.807, 2.05) is 18.5 Å². The summed E-state index contributed by atoms with van der Waals surface area (Å²) in [7, 11) is 0. The Bertz CT molecular complexity index is 1100. The van der Waals surface area contributed by atoms with E-state index in [9.17, 15) is 4.79 Å². The molecule has 0 bridgehead atoms. The second kappa shape index (κ2) is 9.72. The molecule has 0 radical (unpaired) electrons. The van der Waals surface area contributed by atoms with E-state index in [0.717, 1.165) is 46.4 Å². The fourth-order valence-electron chi connectivity index (χ4n) is 4.73. The number of fused-ring (bicyclic) bond motifs is 1. The predicted octanol–water partition coefficient (Wildman–Crippen LogP) is 5.13. The van der Waals surface area contributed by atoms with Crippen molar-refractivity contribution in [2.75, 3.05) is 6.61 Å². The topological polar surface area (TPSA) is 69.0 Å². The minimum Gasteiger partial charge on any atom is -0.478 e. The SMILES string of the molecule is CCOc1nc2c(c(C)nn2-c2ccc(C)cc2)c(C)c1CCC(=O)NC1CCCCC1. The summed E-state index contributed by atoms with van der Waals surface area (Å²) in [5.74, 6) is 0.724. The molecular weight excluding hydrogens is 400 g/mol. The van der Waals surface area contributed by atoms with Crippen molar-refractivity contribution >= 4 is 16.9 Å². The highest BCUT2D eigenvalue weighted by molar-refractivity contribution is 5.86. The third-order valence-corrected chi connectivity index (χ3v) is 6.46. The average molecular weight is 435 g/mol. The van der Waals surface area contributed by atoms with E-state index >= 15 is 0 Å². The lowest BCUT2D eigenvalue weighted by atomic mass is 9.95. The number of hydrogen-bond donors (Lipinski definition) is 1. The van der Waals surface area contributed by atoms with E-state index in [-0.39, 0.29) is 5.91 Å². The summed E-state index contributed by atoms with van der Waals surface area (Å²) in [6.07, 6.45) is 6.95. The van der Waals surface area contributed by atoms with E-state index in [1.165, 1.54) is 24.8 Å². The van der Waals surface area contributed by atoms with Gasteiger partial charge in [0.15, 0.2) is 5.65 Å². The van der Waals surface area contributed by atoms with Gasteiger partial charge in [-0.25, -0.2) is 4.68 Å². The molecule has 0 atom stereocenters. The second-order valence-corrected chi connectivity index (χ2v) is 8.89. The average Bonchev–Trinajstić information content (AvgIpc) is 3.11. The first-order chi connectivity index (χ1) is 15.5. The van der Waals surface area contributed by atoms with E-state index < -0.39 is 0 Å². The lowest BCUT2D eigenvalue weighted by molar-refractivity contribution is -0.121. The molecule has 0 spiro atoms. The molecule has 2 aromatic heterocycles. The number of nitrogens with zero attached hydrogens (tertiary/aromatic N) is 3. The molecule has 6 nitrogen and oxygen atoms in total. The largest absolute Gasteiger partial charge is 0.478 e. The van der Waals surface area contributed by atoms with Crippen molar-refractivity contribution in [2.45, 2.75) is 78.7 Å². The summed E-state index contributed by atoms with van der Waals surface area (Å²) in [6.45, 7) is 8.67. The Hall–Kier alpha value is -2.89. The Kier molecular flexibility index (Phi) is 6.77. The number of hydrogen-bond acceptors (Lipinski definition) is 4.